The largest absolute Gasteiger partial charge is 0.466 e. The maximum absolute atomic E-state index is 12.2. The summed E-state index contributed by atoms with van der Waals surface area (Å²) in [6.07, 6.45) is 5.53. The molecule has 0 N–H and O–H groups in total. The van der Waals surface area contributed by atoms with Gasteiger partial charge in [0.2, 0.25) is 0 Å². The third-order valence-electron chi connectivity index (χ3n) is 5.12. The molecule has 4 unspecified atom stereocenters. The number of allylic oxidation sites excluding steroid dienone is 4. The molecule has 0 aromatic carbocycles. The highest BCUT2D eigenvalue weighted by Crippen LogP contribution is 2.55. The number of fused-ring (bicyclic) bond motifs is 4. The maximum atomic E-state index is 12.2. The van der Waals surface area contributed by atoms with Crippen molar-refractivity contribution in [2.45, 2.75) is 20.3 Å². The molecule has 3 rings (SSSR count). The van der Waals surface area contributed by atoms with Crippen LogP contribution in [0, 0.1) is 23.7 Å². The molecule has 3 aliphatic carbocycles. The minimum atomic E-state index is -0.423. The molecule has 21 heavy (non-hydrogen) atoms. The average molecular weight is 288 g/mol. The van der Waals surface area contributed by atoms with Crippen molar-refractivity contribution in [3.8, 4) is 0 Å². The van der Waals surface area contributed by atoms with E-state index < -0.39 is 11.9 Å². The number of methoxy groups -OCH3 is 2. The quantitative estimate of drug-likeness (QED) is 0.578. The molecule has 4 atom stereocenters. The van der Waals surface area contributed by atoms with Gasteiger partial charge in [-0.1, -0.05) is 37.1 Å². The molecule has 4 heteroatoms. The highest BCUT2D eigenvalue weighted by Gasteiger charge is 2.47. The Hall–Kier alpha value is -1.84. The molecule has 0 aromatic heterocycles. The fourth-order valence-electron chi connectivity index (χ4n) is 4.30. The van der Waals surface area contributed by atoms with E-state index in [1.165, 1.54) is 25.4 Å². The predicted octanol–water partition coefficient (Wildman–Crippen LogP) is 2.42. The normalized spacial score (nSPS) is 33.3. The predicted molar refractivity (Wildman–Crippen MR) is 77.1 cm³/mol. The van der Waals surface area contributed by atoms with Crippen molar-refractivity contribution in [1.82, 2.24) is 0 Å². The monoisotopic (exact) mass is 288 g/mol. The second-order valence-electron chi connectivity index (χ2n) is 6.00. The van der Waals surface area contributed by atoms with Gasteiger partial charge in [0, 0.05) is 11.8 Å². The number of carbonyl (C=O) groups excluding carboxylic acids is 2. The maximum Gasteiger partial charge on any atom is 0.334 e. The van der Waals surface area contributed by atoms with Crippen molar-refractivity contribution in [2.24, 2.45) is 23.7 Å². The van der Waals surface area contributed by atoms with Crippen LogP contribution in [0.5, 0.6) is 0 Å². The summed E-state index contributed by atoms with van der Waals surface area (Å²) in [4.78, 5) is 24.4. The van der Waals surface area contributed by atoms with Crippen molar-refractivity contribution in [3.05, 3.63) is 34.4 Å². The Morgan fingerprint density at radius 2 is 1.29 bits per heavy atom. The summed E-state index contributed by atoms with van der Waals surface area (Å²) in [5, 5.41) is 0. The highest BCUT2D eigenvalue weighted by atomic mass is 16.5. The van der Waals surface area contributed by atoms with Crippen LogP contribution in [-0.4, -0.2) is 26.2 Å². The van der Waals surface area contributed by atoms with Gasteiger partial charge in [0.25, 0.3) is 0 Å². The van der Waals surface area contributed by atoms with Crippen molar-refractivity contribution < 1.29 is 19.1 Å². The van der Waals surface area contributed by atoms with Crippen molar-refractivity contribution in [1.29, 1.82) is 0 Å². The summed E-state index contributed by atoms with van der Waals surface area (Å²) in [7, 11) is 2.71. The molecule has 0 saturated heterocycles. The second-order valence-corrected chi connectivity index (χ2v) is 6.00. The van der Waals surface area contributed by atoms with Gasteiger partial charge in [0.05, 0.1) is 25.4 Å². The number of rotatable bonds is 2. The highest BCUT2D eigenvalue weighted by molar-refractivity contribution is 6.02. The van der Waals surface area contributed by atoms with Gasteiger partial charge in [-0.3, -0.25) is 0 Å². The summed E-state index contributed by atoms with van der Waals surface area (Å²) in [6.45, 7) is 3.98. The molecule has 0 radical (unpaired) electrons. The van der Waals surface area contributed by atoms with Crippen LogP contribution >= 0.6 is 0 Å². The lowest BCUT2D eigenvalue weighted by atomic mass is 9.70. The van der Waals surface area contributed by atoms with Crippen LogP contribution in [-0.2, 0) is 19.1 Å². The smallest absolute Gasteiger partial charge is 0.334 e. The molecule has 0 heterocycles. The van der Waals surface area contributed by atoms with Crippen LogP contribution in [0.3, 0.4) is 0 Å². The molecular formula is C17H20O4. The van der Waals surface area contributed by atoms with Crippen molar-refractivity contribution >= 4 is 11.9 Å². The van der Waals surface area contributed by atoms with Gasteiger partial charge in [-0.25, -0.2) is 9.59 Å². The summed E-state index contributed by atoms with van der Waals surface area (Å²) in [5.74, 6) is -0.209. The Labute approximate surface area is 124 Å². The number of hydrogen-bond acceptors (Lipinski definition) is 4. The van der Waals surface area contributed by atoms with Gasteiger partial charge < -0.3 is 9.47 Å². The van der Waals surface area contributed by atoms with Gasteiger partial charge in [0.15, 0.2) is 0 Å². The first-order valence-corrected chi connectivity index (χ1v) is 7.34. The second kappa shape index (κ2) is 4.86. The Morgan fingerprint density at radius 1 is 0.905 bits per heavy atom. The molecule has 2 bridgehead atoms. The number of ether oxygens (including phenoxy) is 2. The first-order chi connectivity index (χ1) is 10.0. The topological polar surface area (TPSA) is 52.6 Å². The molecule has 0 spiro atoms. The lowest BCUT2D eigenvalue weighted by Gasteiger charge is -2.34. The van der Waals surface area contributed by atoms with E-state index >= 15 is 0 Å². The van der Waals surface area contributed by atoms with E-state index in [2.05, 4.69) is 12.2 Å². The Kier molecular flexibility index (Phi) is 3.27. The summed E-state index contributed by atoms with van der Waals surface area (Å²) < 4.78 is 9.83. The zero-order chi connectivity index (χ0) is 15.3. The van der Waals surface area contributed by atoms with Gasteiger partial charge in [-0.05, 0) is 18.3 Å². The van der Waals surface area contributed by atoms with Crippen molar-refractivity contribution in [3.63, 3.8) is 0 Å². The zero-order valence-electron chi connectivity index (χ0n) is 12.8. The first kappa shape index (κ1) is 14.1. The Morgan fingerprint density at radius 3 is 1.62 bits per heavy atom. The van der Waals surface area contributed by atoms with Crippen LogP contribution in [0.2, 0.25) is 0 Å². The zero-order valence-corrected chi connectivity index (χ0v) is 12.8. The average Bonchev–Trinajstić information content (AvgIpc) is 3.10. The van der Waals surface area contributed by atoms with E-state index in [9.17, 15) is 9.59 Å². The summed E-state index contributed by atoms with van der Waals surface area (Å²) in [6, 6.07) is 0. The summed E-state index contributed by atoms with van der Waals surface area (Å²) >= 11 is 0. The molecule has 0 aliphatic heterocycles. The standard InChI is InChI=1S/C17H20O4/c1-8-12-10-5-6-11(7-10)13(12)9(2)15(17(19)21-4)14(8)16(18)20-3/h5-6,8-11H,7H2,1-4H3. The first-order valence-electron chi connectivity index (χ1n) is 7.34. The van der Waals surface area contributed by atoms with E-state index in [1.807, 2.05) is 13.8 Å². The molecule has 0 fully saturated rings. The number of hydrogen-bond donors (Lipinski definition) is 0. The molecule has 0 aromatic rings. The number of esters is 2. The molecule has 3 aliphatic rings. The van der Waals surface area contributed by atoms with Crippen LogP contribution in [0.4, 0.5) is 0 Å². The minimum Gasteiger partial charge on any atom is -0.466 e. The SMILES string of the molecule is COC(=O)C1=C(C(=O)OC)C(C)C2=C(C3C=CC2C3)C1C. The van der Waals surface area contributed by atoms with E-state index in [1.54, 1.807) is 0 Å². The Balaban J connectivity index is 2.13. The van der Waals surface area contributed by atoms with Gasteiger partial charge >= 0.3 is 11.9 Å². The van der Waals surface area contributed by atoms with Gasteiger partial charge in [-0.2, -0.15) is 0 Å². The van der Waals surface area contributed by atoms with Gasteiger partial charge in [-0.15, -0.1) is 0 Å². The van der Waals surface area contributed by atoms with Crippen LogP contribution in [0.15, 0.2) is 34.4 Å². The fraction of sp³-hybridized carbons (Fsp3) is 0.529. The molecule has 0 saturated carbocycles. The Bertz CT molecular complexity index is 558. The minimum absolute atomic E-state index is 0.0855. The summed E-state index contributed by atoms with van der Waals surface area (Å²) in [5.41, 5.74) is 3.55. The van der Waals surface area contributed by atoms with E-state index in [0.717, 1.165) is 6.42 Å². The van der Waals surface area contributed by atoms with E-state index in [-0.39, 0.29) is 11.8 Å². The lowest BCUT2D eigenvalue weighted by molar-refractivity contribution is -0.140. The number of carbonyl (C=O) groups is 2. The third kappa shape index (κ3) is 1.81. The molecule has 0 amide bonds. The van der Waals surface area contributed by atoms with Crippen LogP contribution in [0.25, 0.3) is 0 Å². The van der Waals surface area contributed by atoms with Crippen LogP contribution < -0.4 is 0 Å². The molecular weight excluding hydrogens is 268 g/mol. The van der Waals surface area contributed by atoms with Crippen molar-refractivity contribution in [2.75, 3.05) is 14.2 Å². The molecule has 112 valence electrons. The van der Waals surface area contributed by atoms with E-state index in [4.69, 9.17) is 9.47 Å². The fourth-order valence-corrected chi connectivity index (χ4v) is 4.30. The molecule has 4 nitrogen and oxygen atoms in total. The van der Waals surface area contributed by atoms with Crippen LogP contribution in [0.1, 0.15) is 20.3 Å². The van der Waals surface area contributed by atoms with E-state index in [0.29, 0.717) is 23.0 Å². The lowest BCUT2D eigenvalue weighted by Crippen LogP contribution is -2.31. The van der Waals surface area contributed by atoms with Gasteiger partial charge in [0.1, 0.15) is 0 Å². The third-order valence-corrected chi connectivity index (χ3v) is 5.12.